The fraction of sp³-hybridized carbons (Fsp3) is 0.917. The summed E-state index contributed by atoms with van der Waals surface area (Å²) >= 11 is 0. The highest BCUT2D eigenvalue weighted by molar-refractivity contribution is 5.77. The summed E-state index contributed by atoms with van der Waals surface area (Å²) < 4.78 is 12.1. The van der Waals surface area contributed by atoms with Gasteiger partial charge in [0.25, 0.3) is 0 Å². The zero-order valence-electron chi connectivity index (χ0n) is 28.5. The number of carboxylic acid groups (broad SMARTS) is 1. The van der Waals surface area contributed by atoms with Crippen LogP contribution in [-0.4, -0.2) is 97.8 Å². The summed E-state index contributed by atoms with van der Waals surface area (Å²) in [5, 5.41) is 73.8. The number of fused-ring (bicyclic) bond motifs is 7. The van der Waals surface area contributed by atoms with Crippen LogP contribution in [-0.2, 0) is 14.3 Å². The highest BCUT2D eigenvalue weighted by Gasteiger charge is 2.70. The average Bonchev–Trinajstić information content (AvgIpc) is 2.99. The van der Waals surface area contributed by atoms with Crippen LogP contribution < -0.4 is 0 Å². The molecule has 0 unspecified atom stereocenters. The van der Waals surface area contributed by atoms with Gasteiger partial charge in [-0.1, -0.05) is 53.2 Å². The number of carboxylic acids is 1. The minimum atomic E-state index is -1.53. The summed E-state index contributed by atoms with van der Waals surface area (Å²) in [5.41, 5.74) is -1.13. The molecule has 0 aromatic carbocycles. The van der Waals surface area contributed by atoms with Crippen molar-refractivity contribution in [2.45, 2.75) is 142 Å². The third kappa shape index (κ3) is 4.53. The van der Waals surface area contributed by atoms with Gasteiger partial charge in [-0.2, -0.15) is 0 Å². The number of aliphatic hydroxyl groups excluding tert-OH is 6. The third-order valence-corrected chi connectivity index (χ3v) is 15.5. The molecule has 5 fully saturated rings. The van der Waals surface area contributed by atoms with Gasteiger partial charge in [-0.15, -0.1) is 0 Å². The van der Waals surface area contributed by atoms with E-state index >= 15 is 0 Å². The monoisotopic (exact) mass is 650 g/mol. The molecule has 0 aromatic rings. The standard InChI is InChI=1S/C36H58O10/c1-31(2)15-20-19-7-8-23-32(3)11-10-25(46-29-28(42)27(41)26(40)21(17-37)45-29)33(4,18-38)22(32)9-12-35(23,6)34(19,5)13-14-36(20,30(43)44)16-24(31)39/h7,20-29,37-42H,8-18H2,1-6H3,(H,43,44)/t20-,21+,22+,23+,24-,25-,26+,27-,28+,29-,32-,33-,34+,35+,36+/m0/s1. The summed E-state index contributed by atoms with van der Waals surface area (Å²) in [6.45, 7) is 12.7. The molecule has 0 bridgehead atoms. The number of rotatable bonds is 5. The quantitative estimate of drug-likeness (QED) is 0.173. The molecule has 0 radical (unpaired) electrons. The Bertz CT molecular complexity index is 1240. The van der Waals surface area contributed by atoms with Crippen molar-refractivity contribution in [2.75, 3.05) is 13.2 Å². The topological polar surface area (TPSA) is 177 Å². The van der Waals surface area contributed by atoms with E-state index in [2.05, 4.69) is 47.6 Å². The second kappa shape index (κ2) is 11.2. The van der Waals surface area contributed by atoms with Gasteiger partial charge in [-0.05, 0) is 97.2 Å². The first-order chi connectivity index (χ1) is 21.4. The molecule has 6 rings (SSSR count). The van der Waals surface area contributed by atoms with Crippen LogP contribution in [0.5, 0.6) is 0 Å². The van der Waals surface area contributed by atoms with E-state index < -0.39 is 66.3 Å². The molecule has 7 N–H and O–H groups in total. The van der Waals surface area contributed by atoms with Crippen molar-refractivity contribution in [2.24, 2.45) is 50.2 Å². The highest BCUT2D eigenvalue weighted by Crippen LogP contribution is 2.76. The maximum atomic E-state index is 13.0. The molecule has 46 heavy (non-hydrogen) atoms. The lowest BCUT2D eigenvalue weighted by Crippen LogP contribution is -2.67. The lowest BCUT2D eigenvalue weighted by molar-refractivity contribution is -0.333. The molecule has 1 aliphatic heterocycles. The number of hydrogen-bond donors (Lipinski definition) is 7. The number of aliphatic hydroxyl groups is 6. The van der Waals surface area contributed by atoms with Crippen molar-refractivity contribution < 1.29 is 50.0 Å². The second-order valence-corrected chi connectivity index (χ2v) is 17.7. The molecule has 1 saturated heterocycles. The van der Waals surface area contributed by atoms with Gasteiger partial charge in [0.15, 0.2) is 6.29 Å². The molecule has 10 heteroatoms. The van der Waals surface area contributed by atoms with Crippen LogP contribution in [0.1, 0.15) is 99.3 Å². The Morgan fingerprint density at radius 1 is 0.891 bits per heavy atom. The van der Waals surface area contributed by atoms with Gasteiger partial charge in [0.1, 0.15) is 24.4 Å². The van der Waals surface area contributed by atoms with Crippen LogP contribution in [0.3, 0.4) is 0 Å². The third-order valence-electron chi connectivity index (χ3n) is 15.5. The first-order valence-corrected chi connectivity index (χ1v) is 17.5. The number of hydrogen-bond acceptors (Lipinski definition) is 9. The molecule has 5 aliphatic carbocycles. The van der Waals surface area contributed by atoms with Crippen LogP contribution in [0.15, 0.2) is 11.6 Å². The van der Waals surface area contributed by atoms with Crippen LogP contribution in [0, 0.1) is 50.2 Å². The molecule has 6 aliphatic rings. The van der Waals surface area contributed by atoms with E-state index in [4.69, 9.17) is 9.47 Å². The van der Waals surface area contributed by atoms with E-state index in [1.54, 1.807) is 0 Å². The molecule has 4 saturated carbocycles. The second-order valence-electron chi connectivity index (χ2n) is 17.7. The fourth-order valence-corrected chi connectivity index (χ4v) is 12.2. The maximum Gasteiger partial charge on any atom is 0.310 e. The predicted molar refractivity (Wildman–Crippen MR) is 168 cm³/mol. The Balaban J connectivity index is 1.32. The van der Waals surface area contributed by atoms with Crippen LogP contribution in [0.4, 0.5) is 0 Å². The molecule has 0 aromatic heterocycles. The van der Waals surface area contributed by atoms with Gasteiger partial charge >= 0.3 is 5.97 Å². The number of allylic oxidation sites excluding steroid dienone is 2. The largest absolute Gasteiger partial charge is 0.481 e. The smallest absolute Gasteiger partial charge is 0.310 e. The van der Waals surface area contributed by atoms with Crippen molar-refractivity contribution >= 4 is 5.97 Å². The van der Waals surface area contributed by atoms with Gasteiger partial charge in [0.2, 0.25) is 0 Å². The molecule has 262 valence electrons. The predicted octanol–water partition coefficient (Wildman–Crippen LogP) is 3.00. The first kappa shape index (κ1) is 34.7. The van der Waals surface area contributed by atoms with Gasteiger partial charge in [0.05, 0.1) is 30.8 Å². The molecule has 15 atom stereocenters. The lowest BCUT2D eigenvalue weighted by atomic mass is 9.33. The normalized spacial score (nSPS) is 54.8. The Labute approximate surface area is 273 Å². The summed E-state index contributed by atoms with van der Waals surface area (Å²) in [4.78, 5) is 13.0. The van der Waals surface area contributed by atoms with Crippen molar-refractivity contribution in [3.8, 4) is 0 Å². The SMILES string of the molecule is CC1(C)C[C@H]2C3=CC[C@@H]4[C@@]5(C)CC[C@H](O[C@@H]6O[C@H](CO)[C@@H](O)[C@H](O)[C@H]6O)[C@@](C)(CO)[C@@H]5CC[C@@]4(C)[C@]3(C)CC[C@@]2(C(=O)O)C[C@@H]1O. The first-order valence-electron chi connectivity index (χ1n) is 17.5. The highest BCUT2D eigenvalue weighted by atomic mass is 16.7. The molecular weight excluding hydrogens is 592 g/mol. The minimum absolute atomic E-state index is 0.0888. The van der Waals surface area contributed by atoms with Gasteiger partial charge < -0.3 is 45.2 Å². The summed E-state index contributed by atoms with van der Waals surface area (Å²) in [6, 6.07) is 0. The molecule has 0 amide bonds. The van der Waals surface area contributed by atoms with Gasteiger partial charge in [-0.3, -0.25) is 4.79 Å². The number of aliphatic carboxylic acids is 1. The van der Waals surface area contributed by atoms with E-state index in [1.807, 2.05) is 0 Å². The molecule has 10 nitrogen and oxygen atoms in total. The summed E-state index contributed by atoms with van der Waals surface area (Å²) in [6.07, 6.45) is 0.758. The average molecular weight is 651 g/mol. The molecule has 0 spiro atoms. The van der Waals surface area contributed by atoms with Crippen LogP contribution >= 0.6 is 0 Å². The zero-order valence-corrected chi connectivity index (χ0v) is 28.5. The zero-order chi connectivity index (χ0) is 33.8. The summed E-state index contributed by atoms with van der Waals surface area (Å²) in [5.74, 6) is -0.507. The van der Waals surface area contributed by atoms with Gasteiger partial charge in [0, 0.05) is 5.41 Å². The van der Waals surface area contributed by atoms with Crippen molar-refractivity contribution in [1.29, 1.82) is 0 Å². The minimum Gasteiger partial charge on any atom is -0.481 e. The molecule has 1 heterocycles. The Morgan fingerprint density at radius 3 is 2.22 bits per heavy atom. The van der Waals surface area contributed by atoms with E-state index in [-0.39, 0.29) is 46.5 Å². The van der Waals surface area contributed by atoms with E-state index in [9.17, 15) is 40.5 Å². The Hall–Kier alpha value is -1.11. The van der Waals surface area contributed by atoms with E-state index in [0.717, 1.165) is 32.1 Å². The van der Waals surface area contributed by atoms with Crippen molar-refractivity contribution in [1.82, 2.24) is 0 Å². The fourth-order valence-electron chi connectivity index (χ4n) is 12.2. The Morgan fingerprint density at radius 2 is 1.59 bits per heavy atom. The van der Waals surface area contributed by atoms with Crippen molar-refractivity contribution in [3.05, 3.63) is 11.6 Å². The maximum absolute atomic E-state index is 13.0. The van der Waals surface area contributed by atoms with Gasteiger partial charge in [-0.25, -0.2) is 0 Å². The van der Waals surface area contributed by atoms with E-state index in [1.165, 1.54) is 5.57 Å². The Kier molecular flexibility index (Phi) is 8.46. The van der Waals surface area contributed by atoms with Crippen LogP contribution in [0.2, 0.25) is 0 Å². The molecular formula is C36H58O10. The van der Waals surface area contributed by atoms with Crippen molar-refractivity contribution in [3.63, 3.8) is 0 Å². The van der Waals surface area contributed by atoms with E-state index in [0.29, 0.717) is 25.2 Å². The number of ether oxygens (including phenoxy) is 2. The summed E-state index contributed by atoms with van der Waals surface area (Å²) in [7, 11) is 0. The lowest BCUT2D eigenvalue weighted by Gasteiger charge is -2.71. The van der Waals surface area contributed by atoms with Crippen LogP contribution in [0.25, 0.3) is 0 Å². The number of carbonyl (C=O) groups is 1.